The van der Waals surface area contributed by atoms with Gasteiger partial charge in [-0.3, -0.25) is 14.0 Å². The first-order valence-electron chi connectivity index (χ1n) is 10.5. The zero-order valence-corrected chi connectivity index (χ0v) is 18.5. The van der Waals surface area contributed by atoms with Gasteiger partial charge in [-0.05, 0) is 48.6 Å². The van der Waals surface area contributed by atoms with Crippen molar-refractivity contribution in [3.05, 3.63) is 71.9 Å². The van der Waals surface area contributed by atoms with E-state index in [2.05, 4.69) is 38.0 Å². The largest absolute Gasteiger partial charge is 0.352 e. The van der Waals surface area contributed by atoms with E-state index in [0.717, 1.165) is 23.1 Å². The third kappa shape index (κ3) is 4.57. The molecule has 0 unspecified atom stereocenters. The lowest BCUT2D eigenvalue weighted by atomic mass is 10.2. The standard InChI is InChI=1S/C23H23N7OS/c1-29-14-20(25-28-29)21-26-27-23(32-15-17-5-3-2-4-6-17)30(21)19-11-9-18(10-12-19)22(31)24-13-16-7-8-16/h2-6,9-12,14,16H,7-8,13,15H2,1H3,(H,24,31). The normalized spacial score (nSPS) is 13.3. The van der Waals surface area contributed by atoms with Crippen LogP contribution >= 0.6 is 11.8 Å². The van der Waals surface area contributed by atoms with Gasteiger partial charge in [0, 0.05) is 30.6 Å². The van der Waals surface area contributed by atoms with Gasteiger partial charge in [0.05, 0.1) is 6.20 Å². The van der Waals surface area contributed by atoms with Crippen LogP contribution < -0.4 is 5.32 Å². The summed E-state index contributed by atoms with van der Waals surface area (Å²) >= 11 is 1.60. The third-order valence-electron chi connectivity index (χ3n) is 5.31. The van der Waals surface area contributed by atoms with Gasteiger partial charge in [-0.2, -0.15) is 0 Å². The Hall–Kier alpha value is -3.46. The lowest BCUT2D eigenvalue weighted by Gasteiger charge is -2.10. The molecule has 0 aliphatic heterocycles. The van der Waals surface area contributed by atoms with E-state index in [0.29, 0.717) is 23.0 Å². The van der Waals surface area contributed by atoms with Crippen molar-refractivity contribution in [2.24, 2.45) is 13.0 Å². The number of aryl methyl sites for hydroxylation is 1. The predicted octanol–water partition coefficient (Wildman–Crippen LogP) is 3.49. The first-order chi connectivity index (χ1) is 15.7. The molecule has 8 nitrogen and oxygen atoms in total. The van der Waals surface area contributed by atoms with E-state index in [1.54, 1.807) is 16.4 Å². The van der Waals surface area contributed by atoms with Gasteiger partial charge >= 0.3 is 0 Å². The van der Waals surface area contributed by atoms with Gasteiger partial charge in [-0.25, -0.2) is 0 Å². The Bertz CT molecular complexity index is 1210. The number of rotatable bonds is 8. The van der Waals surface area contributed by atoms with Gasteiger partial charge in [0.2, 0.25) is 0 Å². The van der Waals surface area contributed by atoms with Gasteiger partial charge in [0.1, 0.15) is 0 Å². The summed E-state index contributed by atoms with van der Waals surface area (Å²) in [6.45, 7) is 0.753. The molecule has 1 aliphatic rings. The number of nitrogens with zero attached hydrogens (tertiary/aromatic N) is 6. The molecule has 2 aromatic heterocycles. The van der Waals surface area contributed by atoms with Crippen LogP contribution in [0.15, 0.2) is 66.0 Å². The van der Waals surface area contributed by atoms with E-state index in [-0.39, 0.29) is 5.91 Å². The minimum Gasteiger partial charge on any atom is -0.352 e. The van der Waals surface area contributed by atoms with E-state index in [4.69, 9.17) is 0 Å². The van der Waals surface area contributed by atoms with Gasteiger partial charge in [-0.1, -0.05) is 47.3 Å². The smallest absolute Gasteiger partial charge is 0.251 e. The summed E-state index contributed by atoms with van der Waals surface area (Å²) in [7, 11) is 1.82. The molecule has 1 aliphatic carbocycles. The van der Waals surface area contributed by atoms with E-state index < -0.39 is 0 Å². The predicted molar refractivity (Wildman–Crippen MR) is 122 cm³/mol. The van der Waals surface area contributed by atoms with Gasteiger partial charge in [0.15, 0.2) is 16.7 Å². The van der Waals surface area contributed by atoms with Crippen LogP contribution in [0.4, 0.5) is 0 Å². The summed E-state index contributed by atoms with van der Waals surface area (Å²) in [6.07, 6.45) is 4.23. The number of nitrogens with one attached hydrogen (secondary N) is 1. The van der Waals surface area contributed by atoms with Crippen LogP contribution in [0.1, 0.15) is 28.8 Å². The minimum absolute atomic E-state index is 0.0416. The second kappa shape index (κ2) is 8.96. The highest BCUT2D eigenvalue weighted by Crippen LogP contribution is 2.29. The first-order valence-corrected chi connectivity index (χ1v) is 11.5. The average molecular weight is 446 g/mol. The Balaban J connectivity index is 1.43. The van der Waals surface area contributed by atoms with Crippen LogP contribution in [-0.4, -0.2) is 42.2 Å². The zero-order valence-electron chi connectivity index (χ0n) is 17.7. The van der Waals surface area contributed by atoms with Crippen molar-refractivity contribution in [1.82, 2.24) is 35.1 Å². The molecule has 9 heteroatoms. The van der Waals surface area contributed by atoms with E-state index in [9.17, 15) is 4.79 Å². The Labute approximate surface area is 190 Å². The maximum atomic E-state index is 12.4. The number of carbonyl (C=O) groups is 1. The quantitative estimate of drug-likeness (QED) is 0.418. The van der Waals surface area contributed by atoms with Crippen LogP contribution in [0.5, 0.6) is 0 Å². The molecule has 5 rings (SSSR count). The second-order valence-corrected chi connectivity index (χ2v) is 8.84. The van der Waals surface area contributed by atoms with Gasteiger partial charge in [0.25, 0.3) is 5.91 Å². The molecule has 0 radical (unpaired) electrons. The van der Waals surface area contributed by atoms with Crippen molar-refractivity contribution in [2.75, 3.05) is 6.54 Å². The van der Waals surface area contributed by atoms with Crippen LogP contribution in [0, 0.1) is 5.92 Å². The van der Waals surface area contributed by atoms with Crippen molar-refractivity contribution >= 4 is 17.7 Å². The number of aromatic nitrogens is 6. The molecule has 1 fully saturated rings. The summed E-state index contributed by atoms with van der Waals surface area (Å²) in [5, 5.41) is 20.8. The number of amides is 1. The van der Waals surface area contributed by atoms with Gasteiger partial charge in [-0.15, -0.1) is 15.3 Å². The van der Waals surface area contributed by atoms with E-state index >= 15 is 0 Å². The average Bonchev–Trinajstić information content (AvgIpc) is 3.41. The fourth-order valence-electron chi connectivity index (χ4n) is 3.36. The lowest BCUT2D eigenvalue weighted by Crippen LogP contribution is -2.25. The number of hydrogen-bond donors (Lipinski definition) is 1. The van der Waals surface area contributed by atoms with Crippen molar-refractivity contribution in [3.63, 3.8) is 0 Å². The highest BCUT2D eigenvalue weighted by atomic mass is 32.2. The Morgan fingerprint density at radius 1 is 1.06 bits per heavy atom. The molecule has 0 saturated heterocycles. The molecule has 4 aromatic rings. The van der Waals surface area contributed by atoms with Crippen LogP contribution in [0.25, 0.3) is 17.2 Å². The SMILES string of the molecule is Cn1cc(-c2nnc(SCc3ccccc3)n2-c2ccc(C(=O)NCC3CC3)cc2)nn1. The summed E-state index contributed by atoms with van der Waals surface area (Å²) in [5.41, 5.74) is 3.35. The molecule has 162 valence electrons. The fraction of sp³-hybridized carbons (Fsp3) is 0.261. The molecular formula is C23H23N7OS. The summed E-state index contributed by atoms with van der Waals surface area (Å²) in [6, 6.07) is 17.7. The maximum absolute atomic E-state index is 12.4. The summed E-state index contributed by atoms with van der Waals surface area (Å²) in [4.78, 5) is 12.4. The molecule has 2 aromatic carbocycles. The Morgan fingerprint density at radius 2 is 1.84 bits per heavy atom. The number of hydrogen-bond acceptors (Lipinski definition) is 6. The highest BCUT2D eigenvalue weighted by Gasteiger charge is 2.22. The van der Waals surface area contributed by atoms with Crippen molar-refractivity contribution in [3.8, 4) is 17.2 Å². The van der Waals surface area contributed by atoms with Crippen LogP contribution in [0.2, 0.25) is 0 Å². The summed E-state index contributed by atoms with van der Waals surface area (Å²) in [5.74, 6) is 1.98. The van der Waals surface area contributed by atoms with E-state index in [1.165, 1.54) is 18.4 Å². The fourth-order valence-corrected chi connectivity index (χ4v) is 4.26. The Kier molecular flexibility index (Phi) is 5.72. The summed E-state index contributed by atoms with van der Waals surface area (Å²) < 4.78 is 3.60. The van der Waals surface area contributed by atoms with Crippen molar-refractivity contribution in [2.45, 2.75) is 23.8 Å². The molecular weight excluding hydrogens is 422 g/mol. The second-order valence-electron chi connectivity index (χ2n) is 7.89. The number of carbonyl (C=O) groups excluding carboxylic acids is 1. The van der Waals surface area contributed by atoms with Crippen molar-refractivity contribution < 1.29 is 4.79 Å². The highest BCUT2D eigenvalue weighted by molar-refractivity contribution is 7.98. The van der Waals surface area contributed by atoms with Gasteiger partial charge < -0.3 is 5.32 Å². The lowest BCUT2D eigenvalue weighted by molar-refractivity contribution is 0.0952. The molecule has 0 atom stereocenters. The number of benzene rings is 2. The molecule has 32 heavy (non-hydrogen) atoms. The molecule has 1 amide bonds. The maximum Gasteiger partial charge on any atom is 0.251 e. The molecule has 0 spiro atoms. The molecule has 1 N–H and O–H groups in total. The van der Waals surface area contributed by atoms with E-state index in [1.807, 2.05) is 60.3 Å². The third-order valence-corrected chi connectivity index (χ3v) is 6.31. The monoisotopic (exact) mass is 445 g/mol. The Morgan fingerprint density at radius 3 is 2.53 bits per heavy atom. The number of thioether (sulfide) groups is 1. The van der Waals surface area contributed by atoms with Crippen LogP contribution in [0.3, 0.4) is 0 Å². The molecule has 2 heterocycles. The first kappa shape index (κ1) is 20.4. The zero-order chi connectivity index (χ0) is 21.9. The van der Waals surface area contributed by atoms with Crippen LogP contribution in [-0.2, 0) is 12.8 Å². The topological polar surface area (TPSA) is 90.5 Å². The minimum atomic E-state index is -0.0416. The molecule has 1 saturated carbocycles. The molecule has 0 bridgehead atoms. The van der Waals surface area contributed by atoms with Crippen molar-refractivity contribution in [1.29, 1.82) is 0 Å².